The highest BCUT2D eigenvalue weighted by Crippen LogP contribution is 2.17. The van der Waals surface area contributed by atoms with Crippen LogP contribution in [-0.4, -0.2) is 61.5 Å². The van der Waals surface area contributed by atoms with Crippen molar-refractivity contribution in [1.29, 1.82) is 0 Å². The van der Waals surface area contributed by atoms with E-state index >= 15 is 0 Å². The van der Waals surface area contributed by atoms with Crippen LogP contribution in [0.25, 0.3) is 0 Å². The minimum Gasteiger partial charge on any atom is -0.369 e. The Kier molecular flexibility index (Phi) is 7.91. The second kappa shape index (κ2) is 10.6. The van der Waals surface area contributed by atoms with Crippen molar-refractivity contribution in [3.05, 3.63) is 65.2 Å². The molecule has 172 valence electrons. The summed E-state index contributed by atoms with van der Waals surface area (Å²) in [5.74, 6) is -0.232. The number of anilines is 1. The summed E-state index contributed by atoms with van der Waals surface area (Å²) in [5, 5.41) is 5.91. The molecule has 0 atom stereocenters. The SMILES string of the molecule is Cc1cccc(N2CCN(CCCNC(=O)c3ccc(C(=O)NC(C)(C)C)cc3)CC2)c1. The fraction of sp³-hybridized carbons (Fsp3) is 0.462. The molecule has 1 fully saturated rings. The molecule has 2 N–H and O–H groups in total. The van der Waals surface area contributed by atoms with Crippen molar-refractivity contribution < 1.29 is 9.59 Å². The number of carbonyl (C=O) groups excluding carboxylic acids is 2. The average Bonchev–Trinajstić information content (AvgIpc) is 2.76. The average molecular weight is 437 g/mol. The Morgan fingerprint density at radius 1 is 0.906 bits per heavy atom. The predicted molar refractivity (Wildman–Crippen MR) is 130 cm³/mol. The summed E-state index contributed by atoms with van der Waals surface area (Å²) in [4.78, 5) is 29.5. The number of hydrogen-bond donors (Lipinski definition) is 2. The van der Waals surface area contributed by atoms with Crippen LogP contribution in [0.5, 0.6) is 0 Å². The van der Waals surface area contributed by atoms with Gasteiger partial charge in [-0.1, -0.05) is 12.1 Å². The second-order valence-electron chi connectivity index (χ2n) is 9.56. The van der Waals surface area contributed by atoms with Crippen molar-refractivity contribution in [2.24, 2.45) is 0 Å². The van der Waals surface area contributed by atoms with Crippen LogP contribution >= 0.6 is 0 Å². The summed E-state index contributed by atoms with van der Waals surface area (Å²) in [6.45, 7) is 13.7. The van der Waals surface area contributed by atoms with Gasteiger partial charge in [0.2, 0.25) is 0 Å². The molecule has 0 aromatic heterocycles. The van der Waals surface area contributed by atoms with Gasteiger partial charge >= 0.3 is 0 Å². The van der Waals surface area contributed by atoms with Crippen molar-refractivity contribution in [1.82, 2.24) is 15.5 Å². The first-order chi connectivity index (χ1) is 15.2. The Bertz CT molecular complexity index is 910. The number of piperazine rings is 1. The van der Waals surface area contributed by atoms with Crippen LogP contribution in [0, 0.1) is 6.92 Å². The summed E-state index contributed by atoms with van der Waals surface area (Å²) >= 11 is 0. The van der Waals surface area contributed by atoms with Crippen molar-refractivity contribution in [3.8, 4) is 0 Å². The highest BCUT2D eigenvalue weighted by atomic mass is 16.2. The number of hydrogen-bond acceptors (Lipinski definition) is 4. The van der Waals surface area contributed by atoms with Gasteiger partial charge in [-0.25, -0.2) is 0 Å². The smallest absolute Gasteiger partial charge is 0.251 e. The molecule has 2 amide bonds. The standard InChI is InChI=1S/C26H36N4O2/c1-20-7-5-8-23(19-20)30-17-15-29(16-18-30)14-6-13-27-24(31)21-9-11-22(12-10-21)25(32)28-26(2,3)4/h5,7-12,19H,6,13-18H2,1-4H3,(H,27,31)(H,28,32). The van der Waals surface area contributed by atoms with Gasteiger partial charge in [0.1, 0.15) is 0 Å². The van der Waals surface area contributed by atoms with Gasteiger partial charge in [0, 0.05) is 55.1 Å². The van der Waals surface area contributed by atoms with Gasteiger partial charge in [-0.2, -0.15) is 0 Å². The molecular weight excluding hydrogens is 400 g/mol. The molecule has 2 aromatic carbocycles. The number of benzene rings is 2. The molecule has 0 unspecified atom stereocenters. The Balaban J connectivity index is 1.36. The Labute approximate surface area is 192 Å². The van der Waals surface area contributed by atoms with E-state index in [1.807, 2.05) is 20.8 Å². The molecule has 0 saturated carbocycles. The molecule has 2 aromatic rings. The van der Waals surface area contributed by atoms with Crippen LogP contribution < -0.4 is 15.5 Å². The minimum atomic E-state index is -0.291. The van der Waals surface area contributed by atoms with Gasteiger partial charge in [0.15, 0.2) is 0 Å². The Morgan fingerprint density at radius 2 is 1.53 bits per heavy atom. The minimum absolute atomic E-state index is 0.1000. The van der Waals surface area contributed by atoms with E-state index in [1.165, 1.54) is 11.3 Å². The maximum Gasteiger partial charge on any atom is 0.251 e. The van der Waals surface area contributed by atoms with E-state index < -0.39 is 0 Å². The van der Waals surface area contributed by atoms with Gasteiger partial charge in [0.05, 0.1) is 0 Å². The van der Waals surface area contributed by atoms with E-state index in [4.69, 9.17) is 0 Å². The lowest BCUT2D eigenvalue weighted by atomic mass is 10.1. The topological polar surface area (TPSA) is 64.7 Å². The summed E-state index contributed by atoms with van der Waals surface area (Å²) in [6, 6.07) is 15.5. The molecule has 6 heteroatoms. The molecular formula is C26H36N4O2. The Hall–Kier alpha value is -2.86. The zero-order valence-corrected chi connectivity index (χ0v) is 19.8. The van der Waals surface area contributed by atoms with Gasteiger partial charge < -0.3 is 15.5 Å². The number of rotatable bonds is 7. The normalized spacial score (nSPS) is 14.8. The van der Waals surface area contributed by atoms with E-state index in [0.29, 0.717) is 17.7 Å². The maximum absolute atomic E-state index is 12.4. The van der Waals surface area contributed by atoms with Crippen molar-refractivity contribution in [2.75, 3.05) is 44.2 Å². The van der Waals surface area contributed by atoms with E-state index in [9.17, 15) is 9.59 Å². The zero-order valence-electron chi connectivity index (χ0n) is 19.8. The van der Waals surface area contributed by atoms with Crippen LogP contribution in [-0.2, 0) is 0 Å². The van der Waals surface area contributed by atoms with E-state index in [2.05, 4.69) is 51.6 Å². The molecule has 6 nitrogen and oxygen atoms in total. The van der Waals surface area contributed by atoms with Gasteiger partial charge in [-0.3, -0.25) is 14.5 Å². The summed E-state index contributed by atoms with van der Waals surface area (Å²) in [5.41, 5.74) is 3.44. The number of nitrogens with one attached hydrogen (secondary N) is 2. The fourth-order valence-electron chi connectivity index (χ4n) is 3.85. The molecule has 1 saturated heterocycles. The van der Waals surface area contributed by atoms with Crippen LogP contribution in [0.3, 0.4) is 0 Å². The third-order valence-corrected chi connectivity index (χ3v) is 5.57. The Morgan fingerprint density at radius 3 is 2.12 bits per heavy atom. The van der Waals surface area contributed by atoms with Crippen LogP contribution in [0.2, 0.25) is 0 Å². The predicted octanol–water partition coefficient (Wildman–Crippen LogP) is 3.47. The fourth-order valence-corrected chi connectivity index (χ4v) is 3.85. The summed E-state index contributed by atoms with van der Waals surface area (Å²) < 4.78 is 0. The van der Waals surface area contributed by atoms with E-state index in [0.717, 1.165) is 39.1 Å². The van der Waals surface area contributed by atoms with Crippen molar-refractivity contribution in [2.45, 2.75) is 39.7 Å². The highest BCUT2D eigenvalue weighted by Gasteiger charge is 2.18. The molecule has 0 bridgehead atoms. The largest absolute Gasteiger partial charge is 0.369 e. The molecule has 0 radical (unpaired) electrons. The summed E-state index contributed by atoms with van der Waals surface area (Å²) in [7, 11) is 0. The molecule has 0 aliphatic carbocycles. The summed E-state index contributed by atoms with van der Waals surface area (Å²) in [6.07, 6.45) is 0.919. The third kappa shape index (κ3) is 7.09. The molecule has 1 aliphatic heterocycles. The highest BCUT2D eigenvalue weighted by molar-refractivity contribution is 5.98. The lowest BCUT2D eigenvalue weighted by Gasteiger charge is -2.36. The molecule has 1 aliphatic rings. The zero-order chi connectivity index (χ0) is 23.1. The monoisotopic (exact) mass is 436 g/mol. The molecule has 0 spiro atoms. The van der Waals surface area contributed by atoms with Crippen molar-refractivity contribution >= 4 is 17.5 Å². The van der Waals surface area contributed by atoms with Gasteiger partial charge in [-0.15, -0.1) is 0 Å². The number of aryl methyl sites for hydroxylation is 1. The van der Waals surface area contributed by atoms with Crippen LogP contribution in [0.1, 0.15) is 53.5 Å². The van der Waals surface area contributed by atoms with Crippen LogP contribution in [0.4, 0.5) is 5.69 Å². The first-order valence-electron chi connectivity index (χ1n) is 11.5. The van der Waals surface area contributed by atoms with Crippen LogP contribution in [0.15, 0.2) is 48.5 Å². The first kappa shape index (κ1) is 23.8. The number of amides is 2. The van der Waals surface area contributed by atoms with Crippen molar-refractivity contribution in [3.63, 3.8) is 0 Å². The van der Waals surface area contributed by atoms with E-state index in [-0.39, 0.29) is 17.4 Å². The molecule has 1 heterocycles. The molecule has 3 rings (SSSR count). The third-order valence-electron chi connectivity index (χ3n) is 5.57. The quantitative estimate of drug-likeness (QED) is 0.653. The lowest BCUT2D eigenvalue weighted by Crippen LogP contribution is -2.47. The lowest BCUT2D eigenvalue weighted by molar-refractivity contribution is 0.0915. The maximum atomic E-state index is 12.4. The number of carbonyl (C=O) groups is 2. The number of nitrogens with zero attached hydrogens (tertiary/aromatic N) is 2. The first-order valence-corrected chi connectivity index (χ1v) is 11.5. The van der Waals surface area contributed by atoms with Gasteiger partial charge in [0.25, 0.3) is 11.8 Å². The van der Waals surface area contributed by atoms with Gasteiger partial charge in [-0.05, 0) is 82.6 Å². The molecule has 32 heavy (non-hydrogen) atoms. The van der Waals surface area contributed by atoms with E-state index in [1.54, 1.807) is 24.3 Å². The second-order valence-corrected chi connectivity index (χ2v) is 9.56.